The number of carbonyl (C=O) groups excluding carboxylic acids is 3. The first kappa shape index (κ1) is 23.9. The van der Waals surface area contributed by atoms with Crippen molar-refractivity contribution in [2.75, 3.05) is 18.4 Å². The van der Waals surface area contributed by atoms with Crippen molar-refractivity contribution >= 4 is 33.4 Å². The van der Waals surface area contributed by atoms with Gasteiger partial charge in [-0.05, 0) is 48.7 Å². The number of carbonyl (C=O) groups is 3. The van der Waals surface area contributed by atoms with Gasteiger partial charge in [0.05, 0.1) is 16.0 Å². The molecule has 0 spiro atoms. The van der Waals surface area contributed by atoms with Crippen molar-refractivity contribution in [3.8, 4) is 0 Å². The van der Waals surface area contributed by atoms with E-state index < -0.39 is 33.8 Å². The summed E-state index contributed by atoms with van der Waals surface area (Å²) >= 11 is 0. The number of nitrogens with one attached hydrogen (secondary N) is 1. The summed E-state index contributed by atoms with van der Waals surface area (Å²) in [5.41, 5.74) is 1.56. The Morgan fingerprint density at radius 2 is 1.44 bits per heavy atom. The summed E-state index contributed by atoms with van der Waals surface area (Å²) in [5.74, 6) is -1.64. The van der Waals surface area contributed by atoms with Gasteiger partial charge < -0.3 is 5.32 Å². The first-order valence-electron chi connectivity index (χ1n) is 11.8. The van der Waals surface area contributed by atoms with Gasteiger partial charge in [0.15, 0.2) is 0 Å². The summed E-state index contributed by atoms with van der Waals surface area (Å²) in [5, 5.41) is 2.74. The Morgan fingerprint density at radius 3 is 2.08 bits per heavy atom. The Morgan fingerprint density at radius 1 is 0.833 bits per heavy atom. The van der Waals surface area contributed by atoms with Crippen molar-refractivity contribution < 1.29 is 22.8 Å². The minimum Gasteiger partial charge on any atom is -0.324 e. The van der Waals surface area contributed by atoms with Gasteiger partial charge in [0, 0.05) is 25.2 Å². The molecule has 2 aliphatic rings. The fourth-order valence-corrected chi connectivity index (χ4v) is 6.23. The molecule has 0 aromatic heterocycles. The summed E-state index contributed by atoms with van der Waals surface area (Å²) in [6.07, 6.45) is 1.75. The van der Waals surface area contributed by atoms with Crippen molar-refractivity contribution in [1.29, 1.82) is 0 Å². The van der Waals surface area contributed by atoms with E-state index in [1.165, 1.54) is 16.4 Å². The van der Waals surface area contributed by atoms with Crippen LogP contribution in [0.1, 0.15) is 39.1 Å². The maximum Gasteiger partial charge on any atom is 0.262 e. The minimum absolute atomic E-state index is 0.0857. The summed E-state index contributed by atoms with van der Waals surface area (Å²) in [6, 6.07) is 20.5. The van der Waals surface area contributed by atoms with Crippen LogP contribution in [0, 0.1) is 0 Å². The number of rotatable bonds is 7. The fraction of sp³-hybridized carbons (Fsp3) is 0.222. The molecule has 1 N–H and O–H groups in total. The van der Waals surface area contributed by atoms with Crippen molar-refractivity contribution in [3.63, 3.8) is 0 Å². The molecular formula is C27H25N3O5S. The Balaban J connectivity index is 1.44. The van der Waals surface area contributed by atoms with Gasteiger partial charge in [-0.1, -0.05) is 48.5 Å². The lowest BCUT2D eigenvalue weighted by Crippen LogP contribution is -2.48. The predicted octanol–water partition coefficient (Wildman–Crippen LogP) is 3.32. The van der Waals surface area contributed by atoms with Crippen LogP contribution in [-0.4, -0.2) is 54.5 Å². The monoisotopic (exact) mass is 503 g/mol. The highest BCUT2D eigenvalue weighted by Gasteiger charge is 2.42. The van der Waals surface area contributed by atoms with Crippen LogP contribution in [0.4, 0.5) is 5.69 Å². The second-order valence-corrected chi connectivity index (χ2v) is 10.8. The molecule has 0 bridgehead atoms. The molecule has 0 aliphatic carbocycles. The lowest BCUT2D eigenvalue weighted by Gasteiger charge is -2.25. The van der Waals surface area contributed by atoms with Crippen LogP contribution in [0.5, 0.6) is 0 Å². The van der Waals surface area contributed by atoms with E-state index in [0.717, 1.165) is 23.3 Å². The molecule has 2 heterocycles. The van der Waals surface area contributed by atoms with E-state index in [1.54, 1.807) is 36.4 Å². The van der Waals surface area contributed by atoms with Crippen LogP contribution in [0.15, 0.2) is 83.8 Å². The van der Waals surface area contributed by atoms with Crippen LogP contribution in [0.3, 0.4) is 0 Å². The van der Waals surface area contributed by atoms with Gasteiger partial charge in [-0.2, -0.15) is 4.31 Å². The number of imide groups is 1. The van der Waals surface area contributed by atoms with E-state index in [0.29, 0.717) is 13.1 Å². The number of sulfonamides is 1. The Hall–Kier alpha value is -3.82. The lowest BCUT2D eigenvalue weighted by molar-refractivity contribution is -0.119. The van der Waals surface area contributed by atoms with E-state index in [4.69, 9.17) is 0 Å². The molecule has 184 valence electrons. The maximum absolute atomic E-state index is 13.5. The number of benzene rings is 3. The van der Waals surface area contributed by atoms with Gasteiger partial charge in [0.25, 0.3) is 11.8 Å². The van der Waals surface area contributed by atoms with Crippen LogP contribution < -0.4 is 5.32 Å². The number of amides is 3. The van der Waals surface area contributed by atoms with Crippen molar-refractivity contribution in [2.24, 2.45) is 0 Å². The second kappa shape index (κ2) is 9.67. The third-order valence-electron chi connectivity index (χ3n) is 6.52. The Labute approximate surface area is 209 Å². The number of nitrogens with zero attached hydrogens (tertiary/aromatic N) is 2. The number of hydrogen-bond donors (Lipinski definition) is 1. The van der Waals surface area contributed by atoms with Gasteiger partial charge >= 0.3 is 0 Å². The molecule has 3 aromatic rings. The zero-order chi connectivity index (χ0) is 25.3. The average Bonchev–Trinajstić information content (AvgIpc) is 3.52. The van der Waals surface area contributed by atoms with Gasteiger partial charge in [-0.3, -0.25) is 19.3 Å². The zero-order valence-electron chi connectivity index (χ0n) is 19.5. The molecule has 2 aliphatic heterocycles. The third-order valence-corrected chi connectivity index (χ3v) is 8.41. The minimum atomic E-state index is -3.67. The number of fused-ring (bicyclic) bond motifs is 1. The molecule has 0 radical (unpaired) electrons. The van der Waals surface area contributed by atoms with Gasteiger partial charge in [-0.15, -0.1) is 0 Å². The molecule has 36 heavy (non-hydrogen) atoms. The highest BCUT2D eigenvalue weighted by atomic mass is 32.2. The Bertz CT molecular complexity index is 1400. The van der Waals surface area contributed by atoms with Gasteiger partial charge in [0.2, 0.25) is 15.9 Å². The predicted molar refractivity (Wildman–Crippen MR) is 134 cm³/mol. The van der Waals surface area contributed by atoms with Crippen LogP contribution >= 0.6 is 0 Å². The molecule has 3 aromatic carbocycles. The molecule has 3 amide bonds. The van der Waals surface area contributed by atoms with Crippen molar-refractivity contribution in [1.82, 2.24) is 9.21 Å². The summed E-state index contributed by atoms with van der Waals surface area (Å²) in [4.78, 5) is 41.0. The van der Waals surface area contributed by atoms with Crippen LogP contribution in [0.2, 0.25) is 0 Å². The molecule has 1 fully saturated rings. The smallest absolute Gasteiger partial charge is 0.262 e. The fourth-order valence-electron chi connectivity index (χ4n) is 4.67. The average molecular weight is 504 g/mol. The zero-order valence-corrected chi connectivity index (χ0v) is 20.3. The molecule has 8 nitrogen and oxygen atoms in total. The standard InChI is InChI=1S/C27H25N3O5S/c31-25(28-20-11-8-12-21(18-20)36(34,35)29-15-6-7-16-29)24(17-19-9-2-1-3-10-19)30-26(32)22-13-4-5-14-23(22)27(30)33/h1-5,8-14,18,24H,6-7,15-17H2,(H,28,31)/t24-/m0/s1. The largest absolute Gasteiger partial charge is 0.324 e. The molecule has 9 heteroatoms. The van der Waals surface area contributed by atoms with E-state index in [2.05, 4.69) is 5.32 Å². The molecule has 1 saturated heterocycles. The van der Waals surface area contributed by atoms with E-state index in [-0.39, 0.29) is 28.1 Å². The number of hydrogen-bond acceptors (Lipinski definition) is 5. The van der Waals surface area contributed by atoms with E-state index in [9.17, 15) is 22.8 Å². The first-order chi connectivity index (χ1) is 17.4. The SMILES string of the molecule is O=C(Nc1cccc(S(=O)(=O)N2CCCC2)c1)[C@H](Cc1ccccc1)N1C(=O)c2ccccc2C1=O. The normalized spacial score (nSPS) is 16.7. The number of anilines is 1. The molecule has 0 unspecified atom stereocenters. The van der Waals surface area contributed by atoms with Crippen LogP contribution in [0.25, 0.3) is 0 Å². The highest BCUT2D eigenvalue weighted by molar-refractivity contribution is 7.89. The molecular weight excluding hydrogens is 478 g/mol. The lowest BCUT2D eigenvalue weighted by atomic mass is 10.0. The van der Waals surface area contributed by atoms with Gasteiger partial charge in [-0.25, -0.2) is 8.42 Å². The first-order valence-corrected chi connectivity index (χ1v) is 13.2. The summed E-state index contributed by atoms with van der Waals surface area (Å²) < 4.78 is 27.4. The second-order valence-electron chi connectivity index (χ2n) is 8.86. The third kappa shape index (κ3) is 4.43. The highest BCUT2D eigenvalue weighted by Crippen LogP contribution is 2.28. The maximum atomic E-state index is 13.5. The van der Waals surface area contributed by atoms with Gasteiger partial charge in [0.1, 0.15) is 6.04 Å². The summed E-state index contributed by atoms with van der Waals surface area (Å²) in [7, 11) is -3.67. The van der Waals surface area contributed by atoms with Crippen molar-refractivity contribution in [2.45, 2.75) is 30.2 Å². The Kier molecular flexibility index (Phi) is 6.42. The molecule has 1 atom stereocenters. The summed E-state index contributed by atoms with van der Waals surface area (Å²) in [6.45, 7) is 0.940. The van der Waals surface area contributed by atoms with Crippen molar-refractivity contribution in [3.05, 3.63) is 95.6 Å². The molecule has 5 rings (SSSR count). The van der Waals surface area contributed by atoms with E-state index in [1.807, 2.05) is 30.3 Å². The topological polar surface area (TPSA) is 104 Å². The van der Waals surface area contributed by atoms with Crippen LogP contribution in [-0.2, 0) is 21.2 Å². The molecule has 0 saturated carbocycles. The van der Waals surface area contributed by atoms with E-state index >= 15 is 0 Å². The quantitative estimate of drug-likeness (QED) is 0.498.